The maximum Gasteiger partial charge on any atom is 0.320 e. The number of hydrogen-bond donors (Lipinski definition) is 4. The molecule has 2 amide bonds. The number of pyridine rings is 1. The topological polar surface area (TPSA) is 103 Å². The van der Waals surface area contributed by atoms with Crippen molar-refractivity contribution >= 4 is 22.8 Å². The molecule has 0 bridgehead atoms. The monoisotopic (exact) mass is 405 g/mol. The number of rotatable bonds is 5. The molecule has 4 N–H and O–H groups in total. The second kappa shape index (κ2) is 8.30. The third kappa shape index (κ3) is 3.99. The smallest absolute Gasteiger partial charge is 0.320 e. The highest BCUT2D eigenvalue weighted by molar-refractivity contribution is 5.97. The van der Waals surface area contributed by atoms with Crippen LogP contribution in [0, 0.1) is 5.82 Å². The first kappa shape index (κ1) is 19.5. The molecule has 2 heterocycles. The molecule has 4 aromatic rings. The van der Waals surface area contributed by atoms with Crippen molar-refractivity contribution < 1.29 is 14.3 Å². The molecule has 7 nitrogen and oxygen atoms in total. The second-order valence-electron chi connectivity index (χ2n) is 6.84. The van der Waals surface area contributed by atoms with Gasteiger partial charge in [0.1, 0.15) is 17.3 Å². The van der Waals surface area contributed by atoms with Gasteiger partial charge in [0, 0.05) is 11.6 Å². The number of halogens is 1. The van der Waals surface area contributed by atoms with Crippen molar-refractivity contribution in [1.29, 1.82) is 0 Å². The lowest BCUT2D eigenvalue weighted by molar-refractivity contribution is 0.249. The Bertz CT molecular complexity index is 1180. The summed E-state index contributed by atoms with van der Waals surface area (Å²) in [5, 5.41) is 23.2. The zero-order valence-corrected chi connectivity index (χ0v) is 16.2. The molecule has 0 saturated carbocycles. The van der Waals surface area contributed by atoms with Crippen molar-refractivity contribution in [2.24, 2.45) is 0 Å². The van der Waals surface area contributed by atoms with Crippen LogP contribution in [0.5, 0.6) is 0 Å². The SMILES string of the molecule is CC(NC(=O)Nc1cc2[nH]nc(-c3ccc(F)cc3)c2c(CO)n1)c1ccccc1. The largest absolute Gasteiger partial charge is 0.390 e. The summed E-state index contributed by atoms with van der Waals surface area (Å²) < 4.78 is 13.2. The first-order valence-electron chi connectivity index (χ1n) is 9.42. The number of urea groups is 1. The van der Waals surface area contributed by atoms with E-state index in [9.17, 15) is 14.3 Å². The average molecular weight is 405 g/mol. The van der Waals surface area contributed by atoms with Crippen molar-refractivity contribution in [2.75, 3.05) is 5.32 Å². The van der Waals surface area contributed by atoms with Gasteiger partial charge in [0.15, 0.2) is 0 Å². The molecule has 1 atom stereocenters. The number of aliphatic hydroxyl groups is 1. The molecule has 8 heteroatoms. The summed E-state index contributed by atoms with van der Waals surface area (Å²) in [6.45, 7) is 1.54. The molecule has 0 saturated heterocycles. The number of aromatic nitrogens is 3. The molecular weight excluding hydrogens is 385 g/mol. The maximum absolute atomic E-state index is 13.2. The number of nitrogens with one attached hydrogen (secondary N) is 3. The van der Waals surface area contributed by atoms with Crippen LogP contribution in [0.1, 0.15) is 24.2 Å². The van der Waals surface area contributed by atoms with E-state index in [0.717, 1.165) is 5.56 Å². The third-order valence-corrected chi connectivity index (χ3v) is 4.78. The van der Waals surface area contributed by atoms with E-state index in [2.05, 4.69) is 25.8 Å². The fourth-order valence-electron chi connectivity index (χ4n) is 3.29. The molecule has 0 aliphatic carbocycles. The van der Waals surface area contributed by atoms with Crippen LogP contribution in [0.15, 0.2) is 60.7 Å². The number of aromatic amines is 1. The Morgan fingerprint density at radius 3 is 2.60 bits per heavy atom. The van der Waals surface area contributed by atoms with Gasteiger partial charge in [-0.3, -0.25) is 10.4 Å². The van der Waals surface area contributed by atoms with Crippen molar-refractivity contribution in [2.45, 2.75) is 19.6 Å². The molecular formula is C22H20FN5O2. The highest BCUT2D eigenvalue weighted by atomic mass is 19.1. The van der Waals surface area contributed by atoms with Gasteiger partial charge in [-0.05, 0) is 36.8 Å². The minimum atomic E-state index is -0.416. The first-order chi connectivity index (χ1) is 14.5. The standard InChI is InChI=1S/C22H20FN5O2/c1-13(14-5-3-2-4-6-14)24-22(30)26-19-11-17-20(18(12-29)25-19)21(28-27-17)15-7-9-16(23)10-8-15/h2-11,13,29H,12H2,1H3,(H,27,28)(H2,24,25,26,30). The molecule has 2 aromatic carbocycles. The number of fused-ring (bicyclic) bond motifs is 1. The number of nitrogens with zero attached hydrogens (tertiary/aromatic N) is 2. The van der Waals surface area contributed by atoms with Gasteiger partial charge in [0.25, 0.3) is 0 Å². The molecule has 0 radical (unpaired) electrons. The van der Waals surface area contributed by atoms with Gasteiger partial charge in [0.05, 0.1) is 29.2 Å². The van der Waals surface area contributed by atoms with E-state index in [0.29, 0.717) is 27.9 Å². The highest BCUT2D eigenvalue weighted by Crippen LogP contribution is 2.30. The lowest BCUT2D eigenvalue weighted by Crippen LogP contribution is -2.31. The summed E-state index contributed by atoms with van der Waals surface area (Å²) in [7, 11) is 0. The lowest BCUT2D eigenvalue weighted by Gasteiger charge is -2.15. The Morgan fingerprint density at radius 2 is 1.90 bits per heavy atom. The van der Waals surface area contributed by atoms with E-state index < -0.39 is 6.03 Å². The predicted molar refractivity (Wildman–Crippen MR) is 112 cm³/mol. The minimum Gasteiger partial charge on any atom is -0.390 e. The van der Waals surface area contributed by atoms with Crippen LogP contribution in [0.3, 0.4) is 0 Å². The number of aliphatic hydroxyl groups excluding tert-OH is 1. The number of hydrogen-bond acceptors (Lipinski definition) is 4. The minimum absolute atomic E-state index is 0.190. The molecule has 0 spiro atoms. The molecule has 0 aliphatic heterocycles. The number of anilines is 1. The summed E-state index contributed by atoms with van der Waals surface area (Å²) in [5.41, 5.74) is 3.17. The van der Waals surface area contributed by atoms with Gasteiger partial charge in [-0.2, -0.15) is 5.10 Å². The zero-order valence-electron chi connectivity index (χ0n) is 16.2. The molecule has 30 heavy (non-hydrogen) atoms. The van der Waals surface area contributed by atoms with Crippen LogP contribution in [-0.4, -0.2) is 26.3 Å². The zero-order chi connectivity index (χ0) is 21.1. The van der Waals surface area contributed by atoms with Gasteiger partial charge in [-0.25, -0.2) is 14.2 Å². The van der Waals surface area contributed by atoms with Crippen molar-refractivity contribution in [3.8, 4) is 11.3 Å². The predicted octanol–water partition coefficient (Wildman–Crippen LogP) is 4.14. The maximum atomic E-state index is 13.2. The van der Waals surface area contributed by atoms with Gasteiger partial charge in [-0.1, -0.05) is 30.3 Å². The van der Waals surface area contributed by atoms with Gasteiger partial charge < -0.3 is 10.4 Å². The van der Waals surface area contributed by atoms with Crippen molar-refractivity contribution in [1.82, 2.24) is 20.5 Å². The van der Waals surface area contributed by atoms with Gasteiger partial charge in [0.2, 0.25) is 0 Å². The van der Waals surface area contributed by atoms with E-state index in [1.54, 1.807) is 18.2 Å². The molecule has 4 rings (SSSR count). The van der Waals surface area contributed by atoms with Crippen LogP contribution in [0.2, 0.25) is 0 Å². The first-order valence-corrected chi connectivity index (χ1v) is 9.42. The normalized spacial score (nSPS) is 12.0. The van der Waals surface area contributed by atoms with Crippen LogP contribution in [0.4, 0.5) is 15.0 Å². The third-order valence-electron chi connectivity index (χ3n) is 4.78. The Kier molecular flexibility index (Phi) is 5.40. The average Bonchev–Trinajstić information content (AvgIpc) is 3.18. The van der Waals surface area contributed by atoms with Gasteiger partial charge >= 0.3 is 6.03 Å². The van der Waals surface area contributed by atoms with Crippen LogP contribution in [0.25, 0.3) is 22.2 Å². The summed E-state index contributed by atoms with van der Waals surface area (Å²) in [5.74, 6) is -0.0695. The van der Waals surface area contributed by atoms with E-state index in [1.807, 2.05) is 37.3 Å². The number of benzene rings is 2. The van der Waals surface area contributed by atoms with Crippen molar-refractivity contribution in [3.63, 3.8) is 0 Å². The molecule has 152 valence electrons. The second-order valence-corrected chi connectivity index (χ2v) is 6.84. The van der Waals surface area contributed by atoms with Crippen molar-refractivity contribution in [3.05, 3.63) is 77.7 Å². The van der Waals surface area contributed by atoms with E-state index in [1.165, 1.54) is 12.1 Å². The molecule has 2 aromatic heterocycles. The summed E-state index contributed by atoms with van der Waals surface area (Å²) in [4.78, 5) is 16.8. The number of carbonyl (C=O) groups is 1. The summed E-state index contributed by atoms with van der Waals surface area (Å²) in [6, 6.07) is 16.5. The fourth-order valence-corrected chi connectivity index (χ4v) is 3.29. The van der Waals surface area contributed by atoms with Crippen LogP contribution >= 0.6 is 0 Å². The van der Waals surface area contributed by atoms with E-state index >= 15 is 0 Å². The molecule has 0 aliphatic rings. The van der Waals surface area contributed by atoms with E-state index in [-0.39, 0.29) is 24.3 Å². The Morgan fingerprint density at radius 1 is 1.17 bits per heavy atom. The number of amides is 2. The van der Waals surface area contributed by atoms with Gasteiger partial charge in [-0.15, -0.1) is 0 Å². The summed E-state index contributed by atoms with van der Waals surface area (Å²) in [6.07, 6.45) is 0. The summed E-state index contributed by atoms with van der Waals surface area (Å²) >= 11 is 0. The quantitative estimate of drug-likeness (QED) is 0.401. The Balaban J connectivity index is 1.58. The number of H-pyrrole nitrogens is 1. The lowest BCUT2D eigenvalue weighted by atomic mass is 10.1. The Hall–Kier alpha value is -3.78. The fraction of sp³-hybridized carbons (Fsp3) is 0.136. The van der Waals surface area contributed by atoms with Crippen LogP contribution < -0.4 is 10.6 Å². The highest BCUT2D eigenvalue weighted by Gasteiger charge is 2.16. The Labute approximate surface area is 172 Å². The number of carbonyl (C=O) groups excluding carboxylic acids is 1. The van der Waals surface area contributed by atoms with E-state index in [4.69, 9.17) is 0 Å². The molecule has 1 unspecified atom stereocenters. The van der Waals surface area contributed by atoms with Crippen LogP contribution in [-0.2, 0) is 6.61 Å². The molecule has 0 fully saturated rings.